The first-order valence-electron chi connectivity index (χ1n) is 8.55. The molecule has 0 unspecified atom stereocenters. The van der Waals surface area contributed by atoms with Crippen LogP contribution < -0.4 is 5.69 Å². The fourth-order valence-corrected chi connectivity index (χ4v) is 2.92. The molecule has 0 atom stereocenters. The van der Waals surface area contributed by atoms with Crippen molar-refractivity contribution in [3.05, 3.63) is 100 Å². The predicted octanol–water partition coefficient (Wildman–Crippen LogP) is 4.31. The molecule has 0 aliphatic rings. The van der Waals surface area contributed by atoms with E-state index in [1.54, 1.807) is 4.57 Å². The predicted molar refractivity (Wildman–Crippen MR) is 104 cm³/mol. The maximum absolute atomic E-state index is 13.2. The SMILES string of the molecule is Cc1ccc(-c2nn(-c3ccc(C)cc3)c(=O)n2-c2ccccc2)cc1. The molecule has 4 nitrogen and oxygen atoms in total. The summed E-state index contributed by atoms with van der Waals surface area (Å²) < 4.78 is 3.12. The molecule has 0 radical (unpaired) electrons. The van der Waals surface area contributed by atoms with E-state index in [2.05, 4.69) is 5.10 Å². The molecule has 4 aromatic rings. The summed E-state index contributed by atoms with van der Waals surface area (Å²) in [6.45, 7) is 4.06. The number of nitrogens with zero attached hydrogens (tertiary/aromatic N) is 3. The Balaban J connectivity index is 1.97. The Morgan fingerprint density at radius 3 is 1.88 bits per heavy atom. The molecule has 0 saturated heterocycles. The largest absolute Gasteiger partial charge is 0.355 e. The van der Waals surface area contributed by atoms with Gasteiger partial charge < -0.3 is 0 Å². The van der Waals surface area contributed by atoms with Gasteiger partial charge in [-0.15, -0.1) is 5.10 Å². The average Bonchev–Trinajstić information content (AvgIpc) is 3.01. The van der Waals surface area contributed by atoms with Gasteiger partial charge in [0.1, 0.15) is 0 Å². The van der Waals surface area contributed by atoms with Crippen molar-refractivity contribution in [2.24, 2.45) is 0 Å². The normalized spacial score (nSPS) is 10.8. The van der Waals surface area contributed by atoms with Crippen molar-refractivity contribution in [3.8, 4) is 22.8 Å². The van der Waals surface area contributed by atoms with Gasteiger partial charge in [-0.2, -0.15) is 4.68 Å². The molecule has 1 aromatic heterocycles. The van der Waals surface area contributed by atoms with Gasteiger partial charge in [0, 0.05) is 5.56 Å². The molecule has 0 aliphatic heterocycles. The van der Waals surface area contributed by atoms with Gasteiger partial charge in [-0.3, -0.25) is 0 Å². The third-order valence-corrected chi connectivity index (χ3v) is 4.38. The van der Waals surface area contributed by atoms with Gasteiger partial charge >= 0.3 is 5.69 Å². The third kappa shape index (κ3) is 2.86. The smallest absolute Gasteiger partial charge is 0.245 e. The number of para-hydroxylation sites is 1. The fourth-order valence-electron chi connectivity index (χ4n) is 2.92. The zero-order valence-corrected chi connectivity index (χ0v) is 14.8. The van der Waals surface area contributed by atoms with Crippen molar-refractivity contribution < 1.29 is 0 Å². The van der Waals surface area contributed by atoms with E-state index >= 15 is 0 Å². The summed E-state index contributed by atoms with van der Waals surface area (Å²) in [5.41, 5.74) is 4.58. The van der Waals surface area contributed by atoms with Crippen LogP contribution in [0.1, 0.15) is 11.1 Å². The molecule has 4 heteroatoms. The summed E-state index contributed by atoms with van der Waals surface area (Å²) >= 11 is 0. The Kier molecular flexibility index (Phi) is 4.01. The van der Waals surface area contributed by atoms with Crippen LogP contribution in [0.3, 0.4) is 0 Å². The maximum atomic E-state index is 13.2. The fraction of sp³-hybridized carbons (Fsp3) is 0.0909. The van der Waals surface area contributed by atoms with Gasteiger partial charge in [0.2, 0.25) is 0 Å². The molecule has 0 bridgehead atoms. The number of hydrogen-bond donors (Lipinski definition) is 0. The number of hydrogen-bond acceptors (Lipinski definition) is 2. The van der Waals surface area contributed by atoms with Gasteiger partial charge in [-0.05, 0) is 38.1 Å². The zero-order valence-electron chi connectivity index (χ0n) is 14.8. The molecule has 0 N–H and O–H groups in total. The van der Waals surface area contributed by atoms with E-state index < -0.39 is 0 Å². The summed E-state index contributed by atoms with van der Waals surface area (Å²) in [4.78, 5) is 13.2. The molecule has 0 fully saturated rings. The molecule has 3 aromatic carbocycles. The van der Waals surface area contributed by atoms with Crippen LogP contribution in [0.5, 0.6) is 0 Å². The molecular weight excluding hydrogens is 322 g/mol. The van der Waals surface area contributed by atoms with E-state index in [0.717, 1.165) is 22.5 Å². The Labute approximate surface area is 152 Å². The summed E-state index contributed by atoms with van der Waals surface area (Å²) in [5, 5.41) is 4.65. The van der Waals surface area contributed by atoms with E-state index in [9.17, 15) is 4.79 Å². The van der Waals surface area contributed by atoms with Crippen LogP contribution in [-0.2, 0) is 0 Å². The Morgan fingerprint density at radius 1 is 0.692 bits per heavy atom. The molecule has 0 saturated carbocycles. The minimum Gasteiger partial charge on any atom is -0.245 e. The highest BCUT2D eigenvalue weighted by Crippen LogP contribution is 2.21. The van der Waals surface area contributed by atoms with E-state index in [-0.39, 0.29) is 5.69 Å². The zero-order chi connectivity index (χ0) is 18.1. The van der Waals surface area contributed by atoms with Crippen molar-refractivity contribution in [3.63, 3.8) is 0 Å². The van der Waals surface area contributed by atoms with E-state index in [0.29, 0.717) is 5.82 Å². The van der Waals surface area contributed by atoms with Gasteiger partial charge in [-0.25, -0.2) is 9.36 Å². The topological polar surface area (TPSA) is 39.8 Å². The summed E-state index contributed by atoms with van der Waals surface area (Å²) in [6, 6.07) is 25.4. The number of benzene rings is 3. The highest BCUT2D eigenvalue weighted by Gasteiger charge is 2.17. The summed E-state index contributed by atoms with van der Waals surface area (Å²) in [7, 11) is 0. The van der Waals surface area contributed by atoms with Crippen molar-refractivity contribution in [1.29, 1.82) is 0 Å². The number of aromatic nitrogens is 3. The van der Waals surface area contributed by atoms with Gasteiger partial charge in [0.05, 0.1) is 11.4 Å². The molecular formula is C22H19N3O. The standard InChI is InChI=1S/C22H19N3O/c1-16-8-12-18(13-9-16)21-23-25(20-14-10-17(2)11-15-20)22(26)24(21)19-6-4-3-5-7-19/h3-15H,1-2H3. The van der Waals surface area contributed by atoms with Crippen molar-refractivity contribution in [1.82, 2.24) is 14.3 Å². The van der Waals surface area contributed by atoms with Crippen molar-refractivity contribution in [2.45, 2.75) is 13.8 Å². The highest BCUT2D eigenvalue weighted by atomic mass is 16.2. The monoisotopic (exact) mass is 341 g/mol. The van der Waals surface area contributed by atoms with Crippen LogP contribution in [0.4, 0.5) is 0 Å². The molecule has 4 rings (SSSR count). The Bertz CT molecular complexity index is 1090. The Morgan fingerprint density at radius 2 is 1.27 bits per heavy atom. The molecule has 0 aliphatic carbocycles. The van der Waals surface area contributed by atoms with E-state index in [1.807, 2.05) is 92.7 Å². The van der Waals surface area contributed by atoms with Crippen molar-refractivity contribution >= 4 is 0 Å². The lowest BCUT2D eigenvalue weighted by Crippen LogP contribution is -2.22. The van der Waals surface area contributed by atoms with Crippen LogP contribution in [0.25, 0.3) is 22.8 Å². The molecule has 0 spiro atoms. The molecule has 128 valence electrons. The third-order valence-electron chi connectivity index (χ3n) is 4.38. The van der Waals surface area contributed by atoms with Gasteiger partial charge in [0.15, 0.2) is 5.82 Å². The lowest BCUT2D eigenvalue weighted by molar-refractivity contribution is 0.829. The molecule has 0 amide bonds. The highest BCUT2D eigenvalue weighted by molar-refractivity contribution is 5.59. The minimum atomic E-state index is -0.185. The molecule has 1 heterocycles. The van der Waals surface area contributed by atoms with Gasteiger partial charge in [-0.1, -0.05) is 65.7 Å². The number of aryl methyl sites for hydroxylation is 2. The lowest BCUT2D eigenvalue weighted by atomic mass is 10.1. The van der Waals surface area contributed by atoms with Crippen LogP contribution in [-0.4, -0.2) is 14.3 Å². The average molecular weight is 341 g/mol. The van der Waals surface area contributed by atoms with Crippen LogP contribution in [0.15, 0.2) is 83.7 Å². The van der Waals surface area contributed by atoms with Crippen LogP contribution in [0.2, 0.25) is 0 Å². The molecule has 26 heavy (non-hydrogen) atoms. The van der Waals surface area contributed by atoms with Crippen molar-refractivity contribution in [2.75, 3.05) is 0 Å². The first kappa shape index (κ1) is 16.1. The first-order chi connectivity index (χ1) is 12.6. The second-order valence-corrected chi connectivity index (χ2v) is 6.39. The second kappa shape index (κ2) is 6.48. The minimum absolute atomic E-state index is 0.185. The van der Waals surface area contributed by atoms with E-state index in [4.69, 9.17) is 0 Å². The van der Waals surface area contributed by atoms with E-state index in [1.165, 1.54) is 10.2 Å². The first-order valence-corrected chi connectivity index (χ1v) is 8.55. The lowest BCUT2D eigenvalue weighted by Gasteiger charge is -2.05. The van der Waals surface area contributed by atoms with Gasteiger partial charge in [0.25, 0.3) is 0 Å². The van der Waals surface area contributed by atoms with Crippen LogP contribution >= 0.6 is 0 Å². The second-order valence-electron chi connectivity index (χ2n) is 6.39. The number of rotatable bonds is 3. The maximum Gasteiger partial charge on any atom is 0.355 e. The van der Waals surface area contributed by atoms with Crippen LogP contribution in [0, 0.1) is 13.8 Å². The summed E-state index contributed by atoms with van der Waals surface area (Å²) in [5.74, 6) is 0.627. The quantitative estimate of drug-likeness (QED) is 0.557. The Hall–Kier alpha value is -3.40. The summed E-state index contributed by atoms with van der Waals surface area (Å²) in [6.07, 6.45) is 0.